The third kappa shape index (κ3) is 4.54. The normalized spacial score (nSPS) is 12.9. The highest BCUT2D eigenvalue weighted by atomic mass is 19.1. The Morgan fingerprint density at radius 1 is 1.40 bits per heavy atom. The van der Waals surface area contributed by atoms with Crippen LogP contribution in [0.5, 0.6) is 0 Å². The molecule has 0 aliphatic rings. The minimum absolute atomic E-state index is 0.327. The lowest BCUT2D eigenvalue weighted by atomic mass is 10.1. The van der Waals surface area contributed by atoms with Crippen molar-refractivity contribution in [2.75, 3.05) is 27.2 Å². The van der Waals surface area contributed by atoms with E-state index in [9.17, 15) is 14.5 Å². The molecule has 0 saturated heterocycles. The average Bonchev–Trinajstić information content (AvgIpc) is 2.34. The molecule has 1 unspecified atom stereocenters. The van der Waals surface area contributed by atoms with Gasteiger partial charge in [-0.1, -0.05) is 13.0 Å². The van der Waals surface area contributed by atoms with Crippen LogP contribution in [-0.2, 0) is 6.54 Å². The van der Waals surface area contributed by atoms with Crippen molar-refractivity contribution in [3.63, 3.8) is 0 Å². The maximum absolute atomic E-state index is 13.6. The molecule has 1 aromatic carbocycles. The number of nitro benzene ring substituents is 1. The first-order valence-corrected chi connectivity index (χ1v) is 6.66. The molecule has 1 aromatic rings. The Morgan fingerprint density at radius 2 is 2.05 bits per heavy atom. The molecule has 0 aromatic heterocycles. The Labute approximate surface area is 119 Å². The van der Waals surface area contributed by atoms with E-state index in [1.165, 1.54) is 12.1 Å². The second kappa shape index (κ2) is 7.31. The number of nitro groups is 1. The van der Waals surface area contributed by atoms with E-state index >= 15 is 0 Å². The van der Waals surface area contributed by atoms with Crippen LogP contribution in [0.2, 0.25) is 0 Å². The van der Waals surface area contributed by atoms with Crippen molar-refractivity contribution in [2.24, 2.45) is 0 Å². The van der Waals surface area contributed by atoms with Gasteiger partial charge in [-0.05, 0) is 39.2 Å². The first kappa shape index (κ1) is 16.5. The zero-order chi connectivity index (χ0) is 15.3. The molecule has 0 aliphatic heterocycles. The minimum atomic E-state index is -0.774. The average molecular weight is 283 g/mol. The van der Waals surface area contributed by atoms with Gasteiger partial charge in [-0.2, -0.15) is 4.39 Å². The number of hydrogen-bond donors (Lipinski definition) is 0. The summed E-state index contributed by atoms with van der Waals surface area (Å²) in [5.41, 5.74) is 0.277. The first-order valence-electron chi connectivity index (χ1n) is 6.66. The van der Waals surface area contributed by atoms with Crippen LogP contribution in [0.3, 0.4) is 0 Å². The largest absolute Gasteiger partial charge is 0.308 e. The highest BCUT2D eigenvalue weighted by Crippen LogP contribution is 2.19. The van der Waals surface area contributed by atoms with E-state index in [-0.39, 0.29) is 0 Å². The van der Waals surface area contributed by atoms with Crippen molar-refractivity contribution in [3.05, 3.63) is 39.7 Å². The van der Waals surface area contributed by atoms with Gasteiger partial charge in [-0.3, -0.25) is 15.0 Å². The Hall–Kier alpha value is -1.53. The highest BCUT2D eigenvalue weighted by Gasteiger charge is 2.17. The molecule has 1 atom stereocenters. The third-order valence-electron chi connectivity index (χ3n) is 3.25. The van der Waals surface area contributed by atoms with Crippen molar-refractivity contribution in [1.29, 1.82) is 0 Å². The van der Waals surface area contributed by atoms with E-state index < -0.39 is 16.4 Å². The van der Waals surface area contributed by atoms with Gasteiger partial charge < -0.3 is 4.90 Å². The molecule has 20 heavy (non-hydrogen) atoms. The third-order valence-corrected chi connectivity index (χ3v) is 3.25. The Bertz CT molecular complexity index is 466. The summed E-state index contributed by atoms with van der Waals surface area (Å²) >= 11 is 0. The molecule has 0 spiro atoms. The van der Waals surface area contributed by atoms with Gasteiger partial charge in [0.25, 0.3) is 0 Å². The van der Waals surface area contributed by atoms with Crippen molar-refractivity contribution in [3.8, 4) is 0 Å². The van der Waals surface area contributed by atoms with Crippen LogP contribution < -0.4 is 0 Å². The topological polar surface area (TPSA) is 49.6 Å². The van der Waals surface area contributed by atoms with E-state index in [0.29, 0.717) is 12.6 Å². The molecule has 0 bridgehead atoms. The zero-order valence-electron chi connectivity index (χ0n) is 12.5. The van der Waals surface area contributed by atoms with Gasteiger partial charge in [0.15, 0.2) is 0 Å². The number of nitrogens with zero attached hydrogens (tertiary/aromatic N) is 3. The summed E-state index contributed by atoms with van der Waals surface area (Å²) in [7, 11) is 4.02. The monoisotopic (exact) mass is 283 g/mol. The summed E-state index contributed by atoms with van der Waals surface area (Å²) in [5.74, 6) is -0.774. The molecule has 6 heteroatoms. The summed E-state index contributed by atoms with van der Waals surface area (Å²) in [5, 5.41) is 10.6. The van der Waals surface area contributed by atoms with Crippen LogP contribution >= 0.6 is 0 Å². The Kier molecular flexibility index (Phi) is 6.04. The standard InChI is InChI=1S/C14H22FN3O2/c1-5-17(11(2)9-16(3)4)10-12-6-7-14(18(19)20)13(15)8-12/h6-8,11H,5,9-10H2,1-4H3. The van der Waals surface area contributed by atoms with Gasteiger partial charge >= 0.3 is 5.69 Å². The Morgan fingerprint density at radius 3 is 2.50 bits per heavy atom. The van der Waals surface area contributed by atoms with Gasteiger partial charge in [0.2, 0.25) is 5.82 Å². The lowest BCUT2D eigenvalue weighted by Crippen LogP contribution is -2.39. The van der Waals surface area contributed by atoms with Crippen molar-refractivity contribution >= 4 is 5.69 Å². The molecule has 0 N–H and O–H groups in total. The van der Waals surface area contributed by atoms with Gasteiger partial charge in [0, 0.05) is 25.2 Å². The summed E-state index contributed by atoms with van der Waals surface area (Å²) < 4.78 is 13.6. The van der Waals surface area contributed by atoms with Gasteiger partial charge in [0.05, 0.1) is 4.92 Å². The van der Waals surface area contributed by atoms with Gasteiger partial charge in [-0.15, -0.1) is 0 Å². The van der Waals surface area contributed by atoms with Crippen LogP contribution in [0.1, 0.15) is 19.4 Å². The molecule has 5 nitrogen and oxygen atoms in total. The number of benzene rings is 1. The van der Waals surface area contributed by atoms with E-state index in [0.717, 1.165) is 18.7 Å². The predicted molar refractivity (Wildman–Crippen MR) is 77.2 cm³/mol. The minimum Gasteiger partial charge on any atom is -0.308 e. The molecule has 0 fully saturated rings. The fraction of sp³-hybridized carbons (Fsp3) is 0.571. The molecular formula is C14H22FN3O2. The SMILES string of the molecule is CCN(Cc1ccc([N+](=O)[O-])c(F)c1)C(C)CN(C)C. The Balaban J connectivity index is 2.80. The van der Waals surface area contributed by atoms with E-state index in [4.69, 9.17) is 0 Å². The predicted octanol–water partition coefficient (Wildman–Crippen LogP) is 2.51. The summed E-state index contributed by atoms with van der Waals surface area (Å²) in [6, 6.07) is 4.43. The summed E-state index contributed by atoms with van der Waals surface area (Å²) in [4.78, 5) is 14.2. The maximum Gasteiger partial charge on any atom is 0.304 e. The second-order valence-electron chi connectivity index (χ2n) is 5.22. The van der Waals surface area contributed by atoms with E-state index in [1.807, 2.05) is 21.0 Å². The van der Waals surface area contributed by atoms with Crippen LogP contribution in [0, 0.1) is 15.9 Å². The fourth-order valence-electron chi connectivity index (χ4n) is 2.25. The van der Waals surface area contributed by atoms with Crippen LogP contribution in [0.4, 0.5) is 10.1 Å². The quantitative estimate of drug-likeness (QED) is 0.570. The zero-order valence-corrected chi connectivity index (χ0v) is 12.5. The van der Waals surface area contributed by atoms with E-state index in [1.54, 1.807) is 6.07 Å². The van der Waals surface area contributed by atoms with Gasteiger partial charge in [-0.25, -0.2) is 0 Å². The molecule has 112 valence electrons. The van der Waals surface area contributed by atoms with Crippen molar-refractivity contribution in [1.82, 2.24) is 9.80 Å². The lowest BCUT2D eigenvalue weighted by molar-refractivity contribution is -0.387. The number of hydrogen-bond acceptors (Lipinski definition) is 4. The van der Waals surface area contributed by atoms with Crippen molar-refractivity contribution in [2.45, 2.75) is 26.4 Å². The number of rotatable bonds is 7. The van der Waals surface area contributed by atoms with E-state index in [2.05, 4.69) is 16.7 Å². The maximum atomic E-state index is 13.6. The number of likely N-dealkylation sites (N-methyl/N-ethyl adjacent to an activating group) is 2. The molecule has 0 saturated carbocycles. The molecular weight excluding hydrogens is 261 g/mol. The molecule has 0 amide bonds. The summed E-state index contributed by atoms with van der Waals surface area (Å²) in [6.07, 6.45) is 0. The van der Waals surface area contributed by atoms with Crippen LogP contribution in [0.15, 0.2) is 18.2 Å². The summed E-state index contributed by atoms with van der Waals surface area (Å²) in [6.45, 7) is 6.50. The first-order chi connectivity index (χ1) is 9.35. The van der Waals surface area contributed by atoms with Gasteiger partial charge in [0.1, 0.15) is 0 Å². The number of halogens is 1. The highest BCUT2D eigenvalue weighted by molar-refractivity contribution is 5.35. The second-order valence-corrected chi connectivity index (χ2v) is 5.22. The smallest absolute Gasteiger partial charge is 0.304 e. The molecule has 0 heterocycles. The molecule has 1 rings (SSSR count). The lowest BCUT2D eigenvalue weighted by Gasteiger charge is -2.30. The van der Waals surface area contributed by atoms with Crippen LogP contribution in [0.25, 0.3) is 0 Å². The molecule has 0 radical (unpaired) electrons. The van der Waals surface area contributed by atoms with Crippen molar-refractivity contribution < 1.29 is 9.31 Å². The molecule has 0 aliphatic carbocycles. The van der Waals surface area contributed by atoms with Crippen LogP contribution in [-0.4, -0.2) is 47.9 Å². The fourth-order valence-corrected chi connectivity index (χ4v) is 2.25.